The summed E-state index contributed by atoms with van der Waals surface area (Å²) in [5, 5.41) is 6.26. The van der Waals surface area contributed by atoms with Gasteiger partial charge in [-0.1, -0.05) is 23.4 Å². The van der Waals surface area contributed by atoms with Gasteiger partial charge in [-0.15, -0.1) is 0 Å². The maximum atomic E-state index is 12.1. The summed E-state index contributed by atoms with van der Waals surface area (Å²) in [4.78, 5) is 12.2. The summed E-state index contributed by atoms with van der Waals surface area (Å²) < 4.78 is 29.0. The average Bonchev–Trinajstić information content (AvgIpc) is 2.79. The smallest absolute Gasteiger partial charge is 0.256 e. The van der Waals surface area contributed by atoms with Crippen LogP contribution >= 0.6 is 0 Å². The highest BCUT2D eigenvalue weighted by atomic mass is 32.2. The second-order valence-corrected chi connectivity index (χ2v) is 6.70. The largest absolute Gasteiger partial charge is 0.361 e. The molecule has 1 amide bonds. The third-order valence-corrected chi connectivity index (χ3v) is 4.75. The molecule has 0 radical (unpaired) electrons. The second-order valence-electron chi connectivity index (χ2n) is 4.59. The molecule has 1 N–H and O–H groups in total. The third-order valence-electron chi connectivity index (χ3n) is 3.02. The molecular formula is C14H16N2O4S. The summed E-state index contributed by atoms with van der Waals surface area (Å²) in [5.74, 6) is -0.128. The molecule has 7 heteroatoms. The maximum Gasteiger partial charge on any atom is 0.256 e. The van der Waals surface area contributed by atoms with Gasteiger partial charge in [0.1, 0.15) is 11.3 Å². The summed E-state index contributed by atoms with van der Waals surface area (Å²) in [5.41, 5.74) is 0.836. The van der Waals surface area contributed by atoms with Gasteiger partial charge in [-0.05, 0) is 26.0 Å². The first-order valence-electron chi connectivity index (χ1n) is 6.40. The standard InChI is InChI=1S/C14H16N2O4S/c1-10-13(11(2)20-16-10)14(17)15-8-9-21(18,19)12-6-4-3-5-7-12/h3-7H,8-9H2,1-2H3,(H,15,17). The van der Waals surface area contributed by atoms with Gasteiger partial charge >= 0.3 is 0 Å². The minimum Gasteiger partial charge on any atom is -0.361 e. The number of hydrogen-bond donors (Lipinski definition) is 1. The Bertz CT molecular complexity index is 716. The van der Waals surface area contributed by atoms with Crippen molar-refractivity contribution in [1.82, 2.24) is 10.5 Å². The molecule has 112 valence electrons. The Labute approximate surface area is 123 Å². The second kappa shape index (κ2) is 6.09. The number of amides is 1. The van der Waals surface area contributed by atoms with E-state index in [9.17, 15) is 13.2 Å². The lowest BCUT2D eigenvalue weighted by Gasteiger charge is -2.06. The average molecular weight is 308 g/mol. The van der Waals surface area contributed by atoms with E-state index >= 15 is 0 Å². The summed E-state index contributed by atoms with van der Waals surface area (Å²) >= 11 is 0. The molecule has 1 aromatic carbocycles. The quantitative estimate of drug-likeness (QED) is 0.904. The zero-order valence-corrected chi connectivity index (χ0v) is 12.6. The normalized spacial score (nSPS) is 11.3. The van der Waals surface area contributed by atoms with E-state index in [0.29, 0.717) is 17.0 Å². The molecule has 0 atom stereocenters. The van der Waals surface area contributed by atoms with Crippen molar-refractivity contribution in [2.75, 3.05) is 12.3 Å². The number of rotatable bonds is 5. The van der Waals surface area contributed by atoms with Crippen LogP contribution in [-0.2, 0) is 9.84 Å². The molecule has 2 aromatic rings. The fourth-order valence-electron chi connectivity index (χ4n) is 1.94. The van der Waals surface area contributed by atoms with Crippen LogP contribution in [0.25, 0.3) is 0 Å². The Morgan fingerprint density at radius 1 is 1.24 bits per heavy atom. The van der Waals surface area contributed by atoms with E-state index in [0.717, 1.165) is 0 Å². The SMILES string of the molecule is Cc1noc(C)c1C(=O)NCCS(=O)(=O)c1ccccc1. The van der Waals surface area contributed by atoms with Crippen LogP contribution in [0, 0.1) is 13.8 Å². The molecule has 21 heavy (non-hydrogen) atoms. The van der Waals surface area contributed by atoms with Crippen molar-refractivity contribution in [2.45, 2.75) is 18.7 Å². The molecule has 0 saturated heterocycles. The summed E-state index contributed by atoms with van der Waals surface area (Å²) in [6, 6.07) is 8.14. The van der Waals surface area contributed by atoms with Gasteiger partial charge in [-0.25, -0.2) is 8.42 Å². The first-order chi connectivity index (χ1) is 9.92. The Balaban J connectivity index is 1.98. The van der Waals surface area contributed by atoms with Crippen molar-refractivity contribution in [3.05, 3.63) is 47.3 Å². The van der Waals surface area contributed by atoms with Gasteiger partial charge in [0.05, 0.1) is 16.3 Å². The topological polar surface area (TPSA) is 89.3 Å². The van der Waals surface area contributed by atoms with Crippen LogP contribution in [0.5, 0.6) is 0 Å². The molecule has 0 bridgehead atoms. The molecule has 0 aliphatic heterocycles. The minimum absolute atomic E-state index is 0.0279. The van der Waals surface area contributed by atoms with Crippen molar-refractivity contribution in [1.29, 1.82) is 0 Å². The van der Waals surface area contributed by atoms with Crippen LogP contribution in [0.2, 0.25) is 0 Å². The van der Waals surface area contributed by atoms with Gasteiger partial charge in [0.25, 0.3) is 5.91 Å². The Morgan fingerprint density at radius 3 is 2.48 bits per heavy atom. The van der Waals surface area contributed by atoms with E-state index < -0.39 is 9.84 Å². The monoisotopic (exact) mass is 308 g/mol. The van der Waals surface area contributed by atoms with E-state index in [4.69, 9.17) is 4.52 Å². The molecule has 6 nitrogen and oxygen atoms in total. The van der Waals surface area contributed by atoms with Crippen molar-refractivity contribution < 1.29 is 17.7 Å². The molecule has 1 aromatic heterocycles. The van der Waals surface area contributed by atoms with Crippen LogP contribution in [0.15, 0.2) is 39.8 Å². The minimum atomic E-state index is -3.40. The number of benzene rings is 1. The lowest BCUT2D eigenvalue weighted by atomic mass is 10.2. The highest BCUT2D eigenvalue weighted by Crippen LogP contribution is 2.12. The van der Waals surface area contributed by atoms with Gasteiger partial charge in [-0.3, -0.25) is 4.79 Å². The molecule has 0 spiro atoms. The fourth-order valence-corrected chi connectivity index (χ4v) is 3.12. The van der Waals surface area contributed by atoms with Crippen LogP contribution < -0.4 is 5.32 Å². The number of nitrogens with one attached hydrogen (secondary N) is 1. The van der Waals surface area contributed by atoms with Gasteiger partial charge < -0.3 is 9.84 Å². The molecule has 0 unspecified atom stereocenters. The van der Waals surface area contributed by atoms with Crippen molar-refractivity contribution in [3.63, 3.8) is 0 Å². The summed E-state index contributed by atoms with van der Waals surface area (Å²) in [6.07, 6.45) is 0. The van der Waals surface area contributed by atoms with E-state index in [1.807, 2.05) is 0 Å². The number of nitrogens with zero attached hydrogens (tertiary/aromatic N) is 1. The van der Waals surface area contributed by atoms with Crippen molar-refractivity contribution in [2.24, 2.45) is 0 Å². The van der Waals surface area contributed by atoms with E-state index in [2.05, 4.69) is 10.5 Å². The van der Waals surface area contributed by atoms with Crippen LogP contribution in [0.4, 0.5) is 0 Å². The van der Waals surface area contributed by atoms with E-state index in [-0.39, 0.29) is 23.1 Å². The maximum absolute atomic E-state index is 12.1. The predicted octanol–water partition coefficient (Wildman–Crippen LogP) is 1.50. The van der Waals surface area contributed by atoms with Gasteiger partial charge in [0.2, 0.25) is 0 Å². The zero-order valence-electron chi connectivity index (χ0n) is 11.8. The number of aryl methyl sites for hydroxylation is 2. The Morgan fingerprint density at radius 2 is 1.90 bits per heavy atom. The first kappa shape index (κ1) is 15.2. The summed E-state index contributed by atoms with van der Waals surface area (Å²) in [6.45, 7) is 3.32. The number of carbonyl (C=O) groups excluding carboxylic acids is 1. The van der Waals surface area contributed by atoms with Crippen LogP contribution in [0.1, 0.15) is 21.8 Å². The number of carbonyl (C=O) groups is 1. The van der Waals surface area contributed by atoms with E-state index in [1.165, 1.54) is 12.1 Å². The van der Waals surface area contributed by atoms with Crippen LogP contribution in [0.3, 0.4) is 0 Å². The Kier molecular flexibility index (Phi) is 4.42. The molecule has 2 rings (SSSR count). The Hall–Kier alpha value is -2.15. The number of hydrogen-bond acceptors (Lipinski definition) is 5. The predicted molar refractivity (Wildman–Crippen MR) is 76.8 cm³/mol. The van der Waals surface area contributed by atoms with Crippen LogP contribution in [-0.4, -0.2) is 31.8 Å². The summed E-state index contributed by atoms with van der Waals surface area (Å²) in [7, 11) is -3.40. The molecule has 0 fully saturated rings. The van der Waals surface area contributed by atoms with Crippen molar-refractivity contribution in [3.8, 4) is 0 Å². The van der Waals surface area contributed by atoms with Crippen molar-refractivity contribution >= 4 is 15.7 Å². The molecule has 0 aliphatic rings. The lowest BCUT2D eigenvalue weighted by molar-refractivity contribution is 0.0954. The molecule has 0 saturated carbocycles. The zero-order chi connectivity index (χ0) is 15.5. The molecule has 0 aliphatic carbocycles. The highest BCUT2D eigenvalue weighted by molar-refractivity contribution is 7.91. The number of aromatic nitrogens is 1. The molecule has 1 heterocycles. The van der Waals surface area contributed by atoms with Gasteiger partial charge in [0, 0.05) is 6.54 Å². The first-order valence-corrected chi connectivity index (χ1v) is 8.06. The number of sulfone groups is 1. The van der Waals surface area contributed by atoms with E-state index in [1.54, 1.807) is 32.0 Å². The van der Waals surface area contributed by atoms with Gasteiger partial charge in [-0.2, -0.15) is 0 Å². The fraction of sp³-hybridized carbons (Fsp3) is 0.286. The third kappa shape index (κ3) is 3.49. The highest BCUT2D eigenvalue weighted by Gasteiger charge is 2.19. The lowest BCUT2D eigenvalue weighted by Crippen LogP contribution is -2.29. The molecular weight excluding hydrogens is 292 g/mol. The van der Waals surface area contributed by atoms with Gasteiger partial charge in [0.15, 0.2) is 9.84 Å².